The molecule has 0 saturated carbocycles. The Morgan fingerprint density at radius 1 is 1.23 bits per heavy atom. The molecule has 1 aromatic heterocycles. The summed E-state index contributed by atoms with van der Waals surface area (Å²) in [6, 6.07) is 3.46. The predicted molar refractivity (Wildman–Crippen MR) is 79.6 cm³/mol. The van der Waals surface area contributed by atoms with E-state index in [1.54, 1.807) is 24.5 Å². The van der Waals surface area contributed by atoms with Crippen molar-refractivity contribution in [2.75, 3.05) is 11.9 Å². The van der Waals surface area contributed by atoms with Crippen molar-refractivity contribution in [1.82, 2.24) is 9.88 Å². The van der Waals surface area contributed by atoms with E-state index in [1.807, 2.05) is 12.2 Å². The Morgan fingerprint density at radius 3 is 2.50 bits per heavy atom. The van der Waals surface area contributed by atoms with Crippen molar-refractivity contribution in [3.05, 3.63) is 36.7 Å². The number of allylic oxidation sites excluding steroid dienone is 2. The van der Waals surface area contributed by atoms with Crippen molar-refractivity contribution in [2.45, 2.75) is 19.3 Å². The molecule has 2 aliphatic rings. The van der Waals surface area contributed by atoms with Gasteiger partial charge in [-0.3, -0.25) is 24.3 Å². The van der Waals surface area contributed by atoms with Crippen LogP contribution in [0.1, 0.15) is 19.3 Å². The maximum absolute atomic E-state index is 12.3. The number of carbonyl (C=O) groups is 3. The van der Waals surface area contributed by atoms with E-state index >= 15 is 0 Å². The number of likely N-dealkylation sites (tertiary alicyclic amines) is 1. The predicted octanol–water partition coefficient (Wildman–Crippen LogP) is 1.36. The van der Waals surface area contributed by atoms with Crippen LogP contribution < -0.4 is 5.32 Å². The first-order chi connectivity index (χ1) is 10.7. The summed E-state index contributed by atoms with van der Waals surface area (Å²) in [6.07, 6.45) is 8.40. The second kappa shape index (κ2) is 6.09. The number of pyridine rings is 1. The van der Waals surface area contributed by atoms with Gasteiger partial charge in [-0.2, -0.15) is 0 Å². The fourth-order valence-electron chi connectivity index (χ4n) is 2.96. The molecule has 22 heavy (non-hydrogen) atoms. The molecule has 0 radical (unpaired) electrons. The van der Waals surface area contributed by atoms with Gasteiger partial charge in [0.15, 0.2) is 0 Å². The van der Waals surface area contributed by atoms with Crippen LogP contribution in [-0.4, -0.2) is 34.2 Å². The molecule has 1 fully saturated rings. The Balaban J connectivity index is 1.56. The average molecular weight is 299 g/mol. The summed E-state index contributed by atoms with van der Waals surface area (Å²) in [5, 5.41) is 2.70. The standard InChI is InChI=1S/C16H17N3O3/c20-14(18-11-4-3-8-17-10-11)7-9-19-15(21)12-5-1-2-6-13(12)16(19)22/h1-4,8,10,12-13H,5-7,9H2,(H,18,20). The van der Waals surface area contributed by atoms with Crippen molar-refractivity contribution >= 4 is 23.4 Å². The van der Waals surface area contributed by atoms with Crippen LogP contribution in [0.2, 0.25) is 0 Å². The third kappa shape index (κ3) is 2.77. The van der Waals surface area contributed by atoms with E-state index in [4.69, 9.17) is 0 Å². The highest BCUT2D eigenvalue weighted by Gasteiger charge is 2.46. The van der Waals surface area contributed by atoms with Crippen LogP contribution in [0, 0.1) is 11.8 Å². The zero-order valence-electron chi connectivity index (χ0n) is 12.1. The van der Waals surface area contributed by atoms with E-state index < -0.39 is 0 Å². The van der Waals surface area contributed by atoms with E-state index in [-0.39, 0.29) is 42.5 Å². The minimum absolute atomic E-state index is 0.0965. The molecular formula is C16H17N3O3. The third-order valence-electron chi connectivity index (χ3n) is 4.11. The van der Waals surface area contributed by atoms with Gasteiger partial charge in [0.05, 0.1) is 23.7 Å². The molecule has 6 heteroatoms. The van der Waals surface area contributed by atoms with E-state index in [2.05, 4.69) is 10.3 Å². The van der Waals surface area contributed by atoms with Gasteiger partial charge in [-0.15, -0.1) is 0 Å². The molecule has 1 aliphatic carbocycles. The van der Waals surface area contributed by atoms with Gasteiger partial charge in [0.1, 0.15) is 0 Å². The fourth-order valence-corrected chi connectivity index (χ4v) is 2.96. The Morgan fingerprint density at radius 2 is 1.91 bits per heavy atom. The number of anilines is 1. The van der Waals surface area contributed by atoms with Gasteiger partial charge < -0.3 is 5.32 Å². The zero-order valence-corrected chi connectivity index (χ0v) is 12.1. The number of hydrogen-bond acceptors (Lipinski definition) is 4. The summed E-state index contributed by atoms with van der Waals surface area (Å²) in [7, 11) is 0. The molecule has 1 saturated heterocycles. The third-order valence-corrected chi connectivity index (χ3v) is 4.11. The normalized spacial score (nSPS) is 23.5. The molecule has 0 spiro atoms. The molecule has 3 rings (SSSR count). The maximum Gasteiger partial charge on any atom is 0.233 e. The molecule has 2 heterocycles. The lowest BCUT2D eigenvalue weighted by Gasteiger charge is -2.14. The molecule has 1 aromatic rings. The van der Waals surface area contributed by atoms with Crippen LogP contribution in [0.15, 0.2) is 36.7 Å². The largest absolute Gasteiger partial charge is 0.325 e. The van der Waals surface area contributed by atoms with Gasteiger partial charge in [-0.1, -0.05) is 12.2 Å². The topological polar surface area (TPSA) is 79.4 Å². The first-order valence-corrected chi connectivity index (χ1v) is 7.37. The molecule has 0 aromatic carbocycles. The van der Waals surface area contributed by atoms with E-state index in [9.17, 15) is 14.4 Å². The van der Waals surface area contributed by atoms with Gasteiger partial charge in [-0.05, 0) is 25.0 Å². The molecule has 2 atom stereocenters. The number of fused-ring (bicyclic) bond motifs is 1. The Hall–Kier alpha value is -2.50. The first kappa shape index (κ1) is 14.4. The number of amides is 3. The number of nitrogens with one attached hydrogen (secondary N) is 1. The minimum Gasteiger partial charge on any atom is -0.325 e. The number of rotatable bonds is 4. The highest BCUT2D eigenvalue weighted by atomic mass is 16.2. The average Bonchev–Trinajstić information content (AvgIpc) is 2.78. The quantitative estimate of drug-likeness (QED) is 0.672. The van der Waals surface area contributed by atoms with Gasteiger partial charge in [0, 0.05) is 19.2 Å². The lowest BCUT2D eigenvalue weighted by molar-refractivity contribution is -0.140. The van der Waals surface area contributed by atoms with Crippen molar-refractivity contribution < 1.29 is 14.4 Å². The summed E-state index contributed by atoms with van der Waals surface area (Å²) < 4.78 is 0. The van der Waals surface area contributed by atoms with Gasteiger partial charge in [-0.25, -0.2) is 0 Å². The van der Waals surface area contributed by atoms with Crippen molar-refractivity contribution in [1.29, 1.82) is 0 Å². The van der Waals surface area contributed by atoms with Crippen LogP contribution >= 0.6 is 0 Å². The lowest BCUT2D eigenvalue weighted by Crippen LogP contribution is -2.34. The number of nitrogens with zero attached hydrogens (tertiary/aromatic N) is 2. The highest BCUT2D eigenvalue weighted by Crippen LogP contribution is 2.34. The fraction of sp³-hybridized carbons (Fsp3) is 0.375. The van der Waals surface area contributed by atoms with Gasteiger partial charge >= 0.3 is 0 Å². The molecule has 114 valence electrons. The van der Waals surface area contributed by atoms with Crippen LogP contribution in [0.4, 0.5) is 5.69 Å². The summed E-state index contributed by atoms with van der Waals surface area (Å²) in [4.78, 5) is 41.5. The van der Waals surface area contributed by atoms with Gasteiger partial charge in [0.2, 0.25) is 17.7 Å². The first-order valence-electron chi connectivity index (χ1n) is 7.37. The number of aromatic nitrogens is 1. The summed E-state index contributed by atoms with van der Waals surface area (Å²) >= 11 is 0. The second-order valence-corrected chi connectivity index (χ2v) is 5.52. The van der Waals surface area contributed by atoms with E-state index in [0.717, 1.165) is 0 Å². The lowest BCUT2D eigenvalue weighted by atomic mass is 9.85. The Bertz CT molecular complexity index is 601. The van der Waals surface area contributed by atoms with Crippen molar-refractivity contribution in [2.24, 2.45) is 11.8 Å². The minimum atomic E-state index is -0.237. The monoisotopic (exact) mass is 299 g/mol. The molecule has 2 unspecified atom stereocenters. The van der Waals surface area contributed by atoms with E-state index in [0.29, 0.717) is 18.5 Å². The molecule has 6 nitrogen and oxygen atoms in total. The SMILES string of the molecule is O=C(CCN1C(=O)C2CC=CCC2C1=O)Nc1cccnc1. The summed E-state index contributed by atoms with van der Waals surface area (Å²) in [5.41, 5.74) is 0.601. The van der Waals surface area contributed by atoms with Crippen LogP contribution in [-0.2, 0) is 14.4 Å². The van der Waals surface area contributed by atoms with Crippen LogP contribution in [0.25, 0.3) is 0 Å². The van der Waals surface area contributed by atoms with Gasteiger partial charge in [0.25, 0.3) is 0 Å². The molecule has 1 aliphatic heterocycles. The Labute approximate surface area is 128 Å². The Kier molecular flexibility index (Phi) is 4.00. The smallest absolute Gasteiger partial charge is 0.233 e. The van der Waals surface area contributed by atoms with Crippen molar-refractivity contribution in [3.63, 3.8) is 0 Å². The van der Waals surface area contributed by atoms with E-state index in [1.165, 1.54) is 4.90 Å². The summed E-state index contributed by atoms with van der Waals surface area (Å²) in [5.74, 6) is -0.999. The number of carbonyl (C=O) groups excluding carboxylic acids is 3. The summed E-state index contributed by atoms with van der Waals surface area (Å²) in [6.45, 7) is 0.136. The maximum atomic E-state index is 12.3. The number of hydrogen-bond donors (Lipinski definition) is 1. The van der Waals surface area contributed by atoms with Crippen molar-refractivity contribution in [3.8, 4) is 0 Å². The molecular weight excluding hydrogens is 282 g/mol. The second-order valence-electron chi connectivity index (χ2n) is 5.52. The molecule has 0 bridgehead atoms. The number of imide groups is 1. The molecule has 3 amide bonds. The van der Waals surface area contributed by atoms with Crippen LogP contribution in [0.3, 0.4) is 0 Å². The zero-order chi connectivity index (χ0) is 15.5. The highest BCUT2D eigenvalue weighted by molar-refractivity contribution is 6.05. The van der Waals surface area contributed by atoms with Crippen LogP contribution in [0.5, 0.6) is 0 Å². The molecule has 1 N–H and O–H groups in total.